The lowest BCUT2D eigenvalue weighted by Crippen LogP contribution is -2.53. The van der Waals surface area contributed by atoms with Crippen LogP contribution in [0.25, 0.3) is 0 Å². The molecule has 9 heteroatoms. The summed E-state index contributed by atoms with van der Waals surface area (Å²) in [6, 6.07) is 0.133. The molecule has 2 N–H and O–H groups in total. The van der Waals surface area contributed by atoms with Gasteiger partial charge in [0.25, 0.3) is 0 Å². The molecule has 8 nitrogen and oxygen atoms in total. The molecule has 0 aliphatic carbocycles. The lowest BCUT2D eigenvalue weighted by molar-refractivity contribution is -0.134. The van der Waals surface area contributed by atoms with Crippen LogP contribution in [0.1, 0.15) is 26.7 Å². The molecule has 2 fully saturated rings. The Hall–Kier alpha value is -1.74. The van der Waals surface area contributed by atoms with Crippen LogP contribution in [0.4, 0.5) is 0 Å². The number of hydrogen-bond donors (Lipinski definition) is 2. The number of nitrogens with one attached hydrogen (secondary N) is 2. The predicted molar refractivity (Wildman–Crippen MR) is 97.8 cm³/mol. The zero-order chi connectivity index (χ0) is 18.4. The number of hydrogen-bond acceptors (Lipinski definition) is 5. The zero-order valence-electron chi connectivity index (χ0n) is 14.9. The van der Waals surface area contributed by atoms with Crippen LogP contribution in [-0.4, -0.2) is 89.4 Å². The predicted octanol–water partition coefficient (Wildman–Crippen LogP) is -0.848. The minimum absolute atomic E-state index is 0.0133. The number of thiocarbonyl (C=S) groups is 1. The highest BCUT2D eigenvalue weighted by molar-refractivity contribution is 7.80. The van der Waals surface area contributed by atoms with Crippen molar-refractivity contribution < 1.29 is 14.4 Å². The molecule has 3 amide bonds. The van der Waals surface area contributed by atoms with Crippen LogP contribution >= 0.6 is 12.2 Å². The Bertz CT molecular complexity index is 516. The molecule has 0 aromatic rings. The Morgan fingerprint density at radius 3 is 2.52 bits per heavy atom. The highest BCUT2D eigenvalue weighted by atomic mass is 32.1. The Labute approximate surface area is 153 Å². The van der Waals surface area contributed by atoms with Gasteiger partial charge in [-0.15, -0.1) is 0 Å². The zero-order valence-corrected chi connectivity index (χ0v) is 15.7. The van der Waals surface area contributed by atoms with Gasteiger partial charge in [-0.2, -0.15) is 0 Å². The minimum Gasteiger partial charge on any atom is -0.362 e. The van der Waals surface area contributed by atoms with Crippen molar-refractivity contribution in [3.05, 3.63) is 0 Å². The fourth-order valence-corrected chi connectivity index (χ4v) is 3.23. The number of amides is 3. The quantitative estimate of drug-likeness (QED) is 0.594. The van der Waals surface area contributed by atoms with Crippen molar-refractivity contribution in [3.8, 4) is 0 Å². The lowest BCUT2D eigenvalue weighted by atomic mass is 10.2. The minimum atomic E-state index is -0.0301. The molecule has 0 saturated carbocycles. The Morgan fingerprint density at radius 2 is 1.92 bits per heavy atom. The van der Waals surface area contributed by atoms with Crippen molar-refractivity contribution in [2.75, 3.05) is 45.8 Å². The second-order valence-electron chi connectivity index (χ2n) is 6.66. The van der Waals surface area contributed by atoms with E-state index < -0.39 is 0 Å². The molecule has 0 radical (unpaired) electrons. The first-order valence-electron chi connectivity index (χ1n) is 8.74. The van der Waals surface area contributed by atoms with Crippen molar-refractivity contribution >= 4 is 35.1 Å². The molecule has 2 aliphatic heterocycles. The van der Waals surface area contributed by atoms with Crippen LogP contribution in [0.5, 0.6) is 0 Å². The maximum absolute atomic E-state index is 12.4. The molecule has 0 atom stereocenters. The summed E-state index contributed by atoms with van der Waals surface area (Å²) in [5.74, 6) is 0.00406. The summed E-state index contributed by atoms with van der Waals surface area (Å²) in [4.78, 5) is 41.3. The van der Waals surface area contributed by atoms with Crippen molar-refractivity contribution in [2.24, 2.45) is 0 Å². The summed E-state index contributed by atoms with van der Waals surface area (Å²) < 4.78 is 0. The normalized spacial score (nSPS) is 19.2. The molecule has 25 heavy (non-hydrogen) atoms. The van der Waals surface area contributed by atoms with Gasteiger partial charge < -0.3 is 15.5 Å². The number of carbonyl (C=O) groups is 3. The molecule has 0 bridgehead atoms. The van der Waals surface area contributed by atoms with Crippen LogP contribution in [-0.2, 0) is 14.4 Å². The fraction of sp³-hybridized carbons (Fsp3) is 0.750. The molecular formula is C16H27N5O3S. The van der Waals surface area contributed by atoms with Gasteiger partial charge in [-0.25, -0.2) is 0 Å². The third-order valence-corrected chi connectivity index (χ3v) is 4.62. The third-order valence-electron chi connectivity index (χ3n) is 4.25. The summed E-state index contributed by atoms with van der Waals surface area (Å²) in [5, 5.41) is 6.25. The molecule has 0 spiro atoms. The van der Waals surface area contributed by atoms with E-state index in [1.165, 1.54) is 4.90 Å². The number of rotatable bonds is 6. The second kappa shape index (κ2) is 9.10. The highest BCUT2D eigenvalue weighted by Crippen LogP contribution is 2.07. The molecule has 2 rings (SSSR count). The van der Waals surface area contributed by atoms with E-state index >= 15 is 0 Å². The maximum atomic E-state index is 12.4. The summed E-state index contributed by atoms with van der Waals surface area (Å²) in [6.07, 6.45) is 0.673. The second-order valence-corrected chi connectivity index (χ2v) is 7.04. The van der Waals surface area contributed by atoms with Crippen LogP contribution in [0.2, 0.25) is 0 Å². The van der Waals surface area contributed by atoms with Crippen molar-refractivity contribution in [1.82, 2.24) is 25.3 Å². The van der Waals surface area contributed by atoms with Gasteiger partial charge in [0.2, 0.25) is 17.7 Å². The highest BCUT2D eigenvalue weighted by Gasteiger charge is 2.26. The summed E-state index contributed by atoms with van der Waals surface area (Å²) in [6.45, 7) is 7.68. The van der Waals surface area contributed by atoms with E-state index in [0.29, 0.717) is 57.3 Å². The van der Waals surface area contributed by atoms with E-state index in [4.69, 9.17) is 12.2 Å². The largest absolute Gasteiger partial charge is 0.362 e. The van der Waals surface area contributed by atoms with E-state index in [9.17, 15) is 14.4 Å². The molecule has 2 heterocycles. The van der Waals surface area contributed by atoms with Gasteiger partial charge in [0.05, 0.1) is 6.54 Å². The molecule has 0 aromatic carbocycles. The molecule has 2 aliphatic rings. The molecular weight excluding hydrogens is 342 g/mol. The molecule has 140 valence electrons. The monoisotopic (exact) mass is 369 g/mol. The van der Waals surface area contributed by atoms with Gasteiger partial charge >= 0.3 is 0 Å². The average Bonchev–Trinajstić information content (AvgIpc) is 2.54. The molecule has 2 saturated heterocycles. The van der Waals surface area contributed by atoms with Crippen LogP contribution in [0.15, 0.2) is 0 Å². The van der Waals surface area contributed by atoms with E-state index in [2.05, 4.69) is 15.5 Å². The van der Waals surface area contributed by atoms with Crippen molar-refractivity contribution in [2.45, 2.75) is 32.7 Å². The van der Waals surface area contributed by atoms with Crippen molar-refractivity contribution in [3.63, 3.8) is 0 Å². The van der Waals surface area contributed by atoms with E-state index in [0.717, 1.165) is 0 Å². The van der Waals surface area contributed by atoms with Crippen molar-refractivity contribution in [1.29, 1.82) is 0 Å². The SMILES string of the molecule is CC(C)NC(=O)CN1CCN(C(=O)CCN2C(=O)CCNC2=S)CC1. The number of piperazine rings is 1. The smallest absolute Gasteiger partial charge is 0.234 e. The first kappa shape index (κ1) is 19.6. The molecule has 0 aromatic heterocycles. The Kier molecular flexibility index (Phi) is 7.12. The standard InChI is InChI=1S/C16H27N5O3S/c1-12(2)18-13(22)11-19-7-9-20(10-8-19)14(23)4-6-21-15(24)3-5-17-16(21)25/h12H,3-11H2,1-2H3,(H,17,25)(H,18,22). The number of nitrogens with zero attached hydrogens (tertiary/aromatic N) is 3. The van der Waals surface area contributed by atoms with E-state index in [1.807, 2.05) is 13.8 Å². The van der Waals surface area contributed by atoms with Gasteiger partial charge in [-0.3, -0.25) is 24.2 Å². The van der Waals surface area contributed by atoms with E-state index in [1.54, 1.807) is 4.90 Å². The van der Waals surface area contributed by atoms with Gasteiger partial charge in [-0.05, 0) is 26.1 Å². The lowest BCUT2D eigenvalue weighted by Gasteiger charge is -2.35. The summed E-state index contributed by atoms with van der Waals surface area (Å²) in [7, 11) is 0. The fourth-order valence-electron chi connectivity index (χ4n) is 2.94. The topological polar surface area (TPSA) is 85.0 Å². The maximum Gasteiger partial charge on any atom is 0.234 e. The van der Waals surface area contributed by atoms with E-state index in [-0.39, 0.29) is 30.2 Å². The van der Waals surface area contributed by atoms with Gasteiger partial charge in [-0.1, -0.05) is 0 Å². The summed E-state index contributed by atoms with van der Waals surface area (Å²) >= 11 is 5.12. The first-order chi connectivity index (χ1) is 11.9. The van der Waals surface area contributed by atoms with Gasteiger partial charge in [0.1, 0.15) is 0 Å². The third kappa shape index (κ3) is 5.93. The Morgan fingerprint density at radius 1 is 1.24 bits per heavy atom. The van der Waals surface area contributed by atoms with Crippen LogP contribution in [0, 0.1) is 0 Å². The van der Waals surface area contributed by atoms with Crippen LogP contribution in [0.3, 0.4) is 0 Å². The van der Waals surface area contributed by atoms with Gasteiger partial charge in [0.15, 0.2) is 5.11 Å². The van der Waals surface area contributed by atoms with Crippen LogP contribution < -0.4 is 10.6 Å². The Balaban J connectivity index is 1.71. The average molecular weight is 369 g/mol. The molecule has 0 unspecified atom stereocenters. The van der Waals surface area contributed by atoms with Gasteiger partial charge in [0, 0.05) is 58.2 Å². The number of carbonyl (C=O) groups excluding carboxylic acids is 3. The first-order valence-corrected chi connectivity index (χ1v) is 9.15. The summed E-state index contributed by atoms with van der Waals surface area (Å²) in [5.41, 5.74) is 0.